The number of nitrogens with one attached hydrogen (secondary N) is 2. The van der Waals surface area contributed by atoms with Gasteiger partial charge in [-0.1, -0.05) is 68.8 Å². The topological polar surface area (TPSA) is 203 Å². The quantitative estimate of drug-likeness (QED) is 0.167. The lowest BCUT2D eigenvalue weighted by Gasteiger charge is -2.34. The van der Waals surface area contributed by atoms with Gasteiger partial charge in [-0.05, 0) is 61.1 Å². The number of imide groups is 1. The highest BCUT2D eigenvalue weighted by atomic mass is 35.5. The van der Waals surface area contributed by atoms with Crippen LogP contribution in [0.5, 0.6) is 5.75 Å². The van der Waals surface area contributed by atoms with Gasteiger partial charge < -0.3 is 34.4 Å². The number of piperazine rings is 1. The van der Waals surface area contributed by atoms with Crippen LogP contribution in [0.2, 0.25) is 5.02 Å². The molecule has 0 radical (unpaired) electrons. The molecule has 2 aromatic rings. The van der Waals surface area contributed by atoms with Gasteiger partial charge in [-0.3, -0.25) is 33.8 Å². The third-order valence-electron chi connectivity index (χ3n) is 12.0. The smallest absolute Gasteiger partial charge is 0.347 e. The first-order valence-corrected chi connectivity index (χ1v) is 22.5. The Labute approximate surface area is 384 Å². The van der Waals surface area contributed by atoms with Crippen molar-refractivity contribution in [1.82, 2.24) is 25.5 Å². The van der Waals surface area contributed by atoms with Gasteiger partial charge >= 0.3 is 17.9 Å². The number of nitrogens with zero attached hydrogens (tertiary/aromatic N) is 3. The number of carbonyl (C=O) groups excluding carboxylic acids is 7. The molecule has 0 spiro atoms. The lowest BCUT2D eigenvalue weighted by molar-refractivity contribution is -0.198. The molecule has 352 valence electrons. The fourth-order valence-electron chi connectivity index (χ4n) is 7.97. The number of benzene rings is 2. The van der Waals surface area contributed by atoms with E-state index >= 15 is 0 Å². The molecule has 2 aromatic carbocycles. The molecule has 3 fully saturated rings. The van der Waals surface area contributed by atoms with Crippen LogP contribution in [0.15, 0.2) is 54.6 Å². The summed E-state index contributed by atoms with van der Waals surface area (Å²) in [6, 6.07) is 12.2. The van der Waals surface area contributed by atoms with Crippen molar-refractivity contribution in [3.63, 3.8) is 0 Å². The summed E-state index contributed by atoms with van der Waals surface area (Å²) in [7, 11) is 1.50. The van der Waals surface area contributed by atoms with Crippen LogP contribution in [-0.2, 0) is 65.6 Å². The number of hydroxylamine groups is 2. The van der Waals surface area contributed by atoms with E-state index in [9.17, 15) is 33.6 Å². The van der Waals surface area contributed by atoms with Gasteiger partial charge in [0.2, 0.25) is 11.8 Å². The molecule has 4 heterocycles. The van der Waals surface area contributed by atoms with Gasteiger partial charge in [-0.25, -0.2) is 9.59 Å². The highest BCUT2D eigenvalue weighted by molar-refractivity contribution is 6.32. The number of rotatable bonds is 13. The third kappa shape index (κ3) is 13.4. The summed E-state index contributed by atoms with van der Waals surface area (Å²) in [6.07, 6.45) is 0.899. The molecule has 0 unspecified atom stereocenters. The zero-order valence-corrected chi connectivity index (χ0v) is 38.6. The van der Waals surface area contributed by atoms with E-state index in [4.69, 9.17) is 35.4 Å². The summed E-state index contributed by atoms with van der Waals surface area (Å²) in [5.74, 6) is -4.00. The standard InChI is InChI=1S/C47H60ClN5O12/c1-28(2)22-37-45(59)62-35(8-7-9-38(54)50-34(24-31-12-15-36(61-6)33(48)23-31)44(58)49-27-47(4,5)46(60)63-37)29(3)42-43(64-42)32-13-10-30(11-14-32)25-51-18-20-52(21-19-51)26-41(57)65-53-39(55)16-17-40(53)56/h7,9-15,23,28-29,34-35,37,42-43H,8,16-22,24-27H2,1-6H3,(H,49,58)(H,50,54)/b9-7+/t29-,34+,35-,37-,42+,43+/m0/s1. The Balaban J connectivity index is 1.09. The maximum atomic E-state index is 13.9. The second kappa shape index (κ2) is 21.8. The summed E-state index contributed by atoms with van der Waals surface area (Å²) < 4.78 is 23.5. The lowest BCUT2D eigenvalue weighted by Crippen LogP contribution is -2.51. The molecular formula is C47H60ClN5O12. The van der Waals surface area contributed by atoms with E-state index in [1.807, 2.05) is 49.9 Å². The van der Waals surface area contributed by atoms with E-state index in [1.54, 1.807) is 38.1 Å². The predicted molar refractivity (Wildman–Crippen MR) is 236 cm³/mol. The Kier molecular flexibility index (Phi) is 16.4. The van der Waals surface area contributed by atoms with Crippen LogP contribution in [0, 0.1) is 17.3 Å². The Bertz CT molecular complexity index is 2110. The van der Waals surface area contributed by atoms with Crippen LogP contribution in [0.25, 0.3) is 0 Å². The van der Waals surface area contributed by atoms with Gasteiger partial charge in [0.25, 0.3) is 11.8 Å². The summed E-state index contributed by atoms with van der Waals surface area (Å²) in [4.78, 5) is 99.7. The minimum atomic E-state index is -1.24. The second-order valence-corrected chi connectivity index (χ2v) is 18.6. The number of cyclic esters (lactones) is 2. The average Bonchev–Trinajstić information content (AvgIpc) is 4.01. The zero-order valence-electron chi connectivity index (χ0n) is 37.8. The lowest BCUT2D eigenvalue weighted by atomic mass is 9.92. The molecule has 2 N–H and O–H groups in total. The van der Waals surface area contributed by atoms with Gasteiger partial charge in [0.05, 0.1) is 30.2 Å². The number of halogens is 1. The summed E-state index contributed by atoms with van der Waals surface area (Å²) in [6.45, 7) is 12.2. The molecule has 6 rings (SSSR count). The highest BCUT2D eigenvalue weighted by Crippen LogP contribution is 2.45. The third-order valence-corrected chi connectivity index (χ3v) is 12.3. The van der Waals surface area contributed by atoms with Crippen LogP contribution in [0.3, 0.4) is 0 Å². The molecule has 65 heavy (non-hydrogen) atoms. The van der Waals surface area contributed by atoms with E-state index in [-0.39, 0.29) is 69.2 Å². The molecule has 0 bridgehead atoms. The first-order chi connectivity index (χ1) is 30.9. The van der Waals surface area contributed by atoms with Crippen molar-refractivity contribution < 1.29 is 57.3 Å². The molecule has 17 nitrogen and oxygen atoms in total. The van der Waals surface area contributed by atoms with Gasteiger partial charge in [-0.2, -0.15) is 0 Å². The Morgan fingerprint density at radius 3 is 2.22 bits per heavy atom. The van der Waals surface area contributed by atoms with Crippen LogP contribution >= 0.6 is 11.6 Å². The summed E-state index contributed by atoms with van der Waals surface area (Å²) in [5.41, 5.74) is 1.47. The van der Waals surface area contributed by atoms with Crippen molar-refractivity contribution in [1.29, 1.82) is 0 Å². The average molecular weight is 922 g/mol. The van der Waals surface area contributed by atoms with Gasteiger partial charge in [0, 0.05) is 70.9 Å². The second-order valence-electron chi connectivity index (χ2n) is 18.2. The molecule has 3 saturated heterocycles. The van der Waals surface area contributed by atoms with Crippen LogP contribution in [0.1, 0.15) is 83.1 Å². The SMILES string of the molecule is COc1ccc(C[C@H]2NC(=O)/C=C/C[C@@H]([C@H](C)[C@H]3O[C@@H]3c3ccc(CN4CCN(CC(=O)ON5C(=O)CCC5=O)CC4)cc3)OC(=O)[C@H](CC(C)C)OC(=O)C(C)(C)CNC2=O)cc1Cl. The predicted octanol–water partition coefficient (Wildman–Crippen LogP) is 3.85. The minimum Gasteiger partial charge on any atom is -0.495 e. The van der Waals surface area contributed by atoms with Gasteiger partial charge in [0.15, 0.2) is 6.10 Å². The fourth-order valence-corrected chi connectivity index (χ4v) is 8.25. The molecule has 4 amide bonds. The monoisotopic (exact) mass is 921 g/mol. The van der Waals surface area contributed by atoms with Crippen molar-refractivity contribution >= 4 is 53.1 Å². The molecule has 0 saturated carbocycles. The Morgan fingerprint density at radius 1 is 0.908 bits per heavy atom. The van der Waals surface area contributed by atoms with Crippen molar-refractivity contribution in [2.24, 2.45) is 17.3 Å². The van der Waals surface area contributed by atoms with E-state index in [2.05, 4.69) is 15.5 Å². The number of amides is 4. The van der Waals surface area contributed by atoms with Crippen LogP contribution < -0.4 is 15.4 Å². The Hall–Kier alpha value is -5.36. The number of methoxy groups -OCH3 is 1. The number of esters is 2. The van der Waals surface area contributed by atoms with E-state index in [0.717, 1.165) is 11.1 Å². The number of ether oxygens (including phenoxy) is 4. The minimum absolute atomic E-state index is 0.0144. The van der Waals surface area contributed by atoms with Gasteiger partial charge in [0.1, 0.15) is 24.0 Å². The largest absolute Gasteiger partial charge is 0.495 e. The molecule has 18 heteroatoms. The van der Waals surface area contributed by atoms with Crippen LogP contribution in [0.4, 0.5) is 0 Å². The zero-order chi connectivity index (χ0) is 47.0. The molecular weight excluding hydrogens is 862 g/mol. The van der Waals surface area contributed by atoms with Crippen LogP contribution in [-0.4, -0.2) is 127 Å². The first-order valence-electron chi connectivity index (χ1n) is 22.1. The number of carbonyl (C=O) groups is 7. The van der Waals surface area contributed by atoms with E-state index < -0.39 is 65.2 Å². The maximum Gasteiger partial charge on any atom is 0.347 e. The summed E-state index contributed by atoms with van der Waals surface area (Å²) in [5, 5.41) is 6.48. The molecule has 4 aliphatic heterocycles. The number of hydrogen-bond donors (Lipinski definition) is 2. The summed E-state index contributed by atoms with van der Waals surface area (Å²) >= 11 is 6.37. The molecule has 4 aliphatic rings. The van der Waals surface area contributed by atoms with Crippen molar-refractivity contribution in [2.75, 3.05) is 46.4 Å². The number of epoxide rings is 1. The normalized spacial score (nSPS) is 25.9. The van der Waals surface area contributed by atoms with Crippen molar-refractivity contribution in [2.45, 2.75) is 104 Å². The highest BCUT2D eigenvalue weighted by Gasteiger charge is 2.48. The molecule has 0 aliphatic carbocycles. The van der Waals surface area contributed by atoms with Crippen molar-refractivity contribution in [3.05, 3.63) is 76.3 Å². The fraction of sp³-hybridized carbons (Fsp3) is 0.553. The van der Waals surface area contributed by atoms with E-state index in [1.165, 1.54) is 13.2 Å². The van der Waals surface area contributed by atoms with Crippen molar-refractivity contribution in [3.8, 4) is 5.75 Å². The molecule has 6 atom stereocenters. The number of hydrogen-bond acceptors (Lipinski definition) is 14. The first kappa shape index (κ1) is 49.1. The Morgan fingerprint density at radius 2 is 1.57 bits per heavy atom. The molecule has 0 aromatic heterocycles. The van der Waals surface area contributed by atoms with Gasteiger partial charge in [-0.15, -0.1) is 5.06 Å². The maximum absolute atomic E-state index is 13.9. The van der Waals surface area contributed by atoms with E-state index in [0.29, 0.717) is 54.1 Å².